The fourth-order valence-electron chi connectivity index (χ4n) is 4.15. The van der Waals surface area contributed by atoms with Crippen LogP contribution in [0.4, 0.5) is 0 Å². The highest BCUT2D eigenvalue weighted by molar-refractivity contribution is 5.11. The van der Waals surface area contributed by atoms with E-state index in [-0.39, 0.29) is 0 Å². The molecular formula is C17H27NO2. The second-order valence-electron chi connectivity index (χ2n) is 6.42. The predicted octanol–water partition coefficient (Wildman–Crippen LogP) is 3.81. The van der Waals surface area contributed by atoms with Crippen molar-refractivity contribution in [2.45, 2.75) is 71.1 Å². The normalized spacial score (nSPS) is 28.5. The van der Waals surface area contributed by atoms with Crippen molar-refractivity contribution in [2.75, 3.05) is 6.61 Å². The van der Waals surface area contributed by atoms with Gasteiger partial charge in [-0.1, -0.05) is 19.3 Å². The van der Waals surface area contributed by atoms with Crippen LogP contribution in [-0.2, 0) is 11.3 Å². The van der Waals surface area contributed by atoms with Crippen LogP contribution in [0.15, 0.2) is 16.5 Å². The molecule has 20 heavy (non-hydrogen) atoms. The third kappa shape index (κ3) is 2.53. The van der Waals surface area contributed by atoms with Gasteiger partial charge in [0.2, 0.25) is 0 Å². The summed E-state index contributed by atoms with van der Waals surface area (Å²) in [7, 11) is 0. The van der Waals surface area contributed by atoms with Crippen molar-refractivity contribution >= 4 is 0 Å². The van der Waals surface area contributed by atoms with Crippen LogP contribution >= 0.6 is 0 Å². The molecule has 2 aliphatic carbocycles. The molecule has 0 amide bonds. The lowest BCUT2D eigenvalue weighted by molar-refractivity contribution is -0.150. The van der Waals surface area contributed by atoms with Gasteiger partial charge in [-0.05, 0) is 45.2 Å². The molecule has 1 N–H and O–H groups in total. The Labute approximate surface area is 122 Å². The third-order valence-corrected chi connectivity index (χ3v) is 5.26. The molecule has 2 aliphatic rings. The quantitative estimate of drug-likeness (QED) is 0.889. The first-order valence-electron chi connectivity index (χ1n) is 8.15. The number of aryl methyl sites for hydroxylation is 1. The van der Waals surface area contributed by atoms with E-state index < -0.39 is 0 Å². The predicted molar refractivity (Wildman–Crippen MR) is 79.6 cm³/mol. The van der Waals surface area contributed by atoms with Crippen LogP contribution in [0.3, 0.4) is 0 Å². The zero-order valence-electron chi connectivity index (χ0n) is 12.8. The minimum absolute atomic E-state index is 0.399. The largest absolute Gasteiger partial charge is 0.465 e. The first-order valence-corrected chi connectivity index (χ1v) is 8.15. The van der Waals surface area contributed by atoms with E-state index in [9.17, 15) is 0 Å². The lowest BCUT2D eigenvalue weighted by Gasteiger charge is -2.58. The second kappa shape index (κ2) is 5.90. The average Bonchev–Trinajstić information content (AvgIpc) is 2.88. The topological polar surface area (TPSA) is 34.4 Å². The summed E-state index contributed by atoms with van der Waals surface area (Å²) in [6, 6.07) is 4.72. The summed E-state index contributed by atoms with van der Waals surface area (Å²) in [6.07, 6.45) is 8.41. The van der Waals surface area contributed by atoms with Gasteiger partial charge >= 0.3 is 0 Å². The SMILES string of the molecule is CCOC1CC(NCc2ccc(C)o2)C12CCCCC2. The molecule has 0 aliphatic heterocycles. The standard InChI is InChI=1S/C17H27NO2/c1-3-19-16-11-15(17(16)9-5-4-6-10-17)18-12-14-8-7-13(2)20-14/h7-8,15-16,18H,3-6,9-12H2,1-2H3. The van der Waals surface area contributed by atoms with Gasteiger partial charge < -0.3 is 14.5 Å². The number of ether oxygens (including phenoxy) is 1. The maximum Gasteiger partial charge on any atom is 0.117 e. The Kier molecular flexibility index (Phi) is 4.18. The maximum atomic E-state index is 5.99. The molecule has 0 aromatic carbocycles. The Morgan fingerprint density at radius 2 is 2.10 bits per heavy atom. The van der Waals surface area contributed by atoms with Crippen LogP contribution < -0.4 is 5.32 Å². The number of rotatable bonds is 5. The van der Waals surface area contributed by atoms with Crippen molar-refractivity contribution in [3.63, 3.8) is 0 Å². The fraction of sp³-hybridized carbons (Fsp3) is 0.765. The van der Waals surface area contributed by atoms with Crippen LogP contribution in [0.25, 0.3) is 0 Å². The van der Waals surface area contributed by atoms with Gasteiger partial charge in [-0.15, -0.1) is 0 Å². The number of nitrogens with one attached hydrogen (secondary N) is 1. The molecule has 3 rings (SSSR count). The Hall–Kier alpha value is -0.800. The van der Waals surface area contributed by atoms with Crippen molar-refractivity contribution in [3.05, 3.63) is 23.7 Å². The summed E-state index contributed by atoms with van der Waals surface area (Å²) in [5.74, 6) is 2.04. The minimum atomic E-state index is 0.399. The molecule has 3 heteroatoms. The van der Waals surface area contributed by atoms with Crippen molar-refractivity contribution in [1.82, 2.24) is 5.32 Å². The minimum Gasteiger partial charge on any atom is -0.465 e. The highest BCUT2D eigenvalue weighted by atomic mass is 16.5. The van der Waals surface area contributed by atoms with Crippen molar-refractivity contribution in [3.8, 4) is 0 Å². The lowest BCUT2D eigenvalue weighted by atomic mass is 9.55. The smallest absolute Gasteiger partial charge is 0.117 e. The van der Waals surface area contributed by atoms with Gasteiger partial charge in [0.25, 0.3) is 0 Å². The van der Waals surface area contributed by atoms with Crippen molar-refractivity contribution < 1.29 is 9.15 Å². The molecule has 2 saturated carbocycles. The van der Waals surface area contributed by atoms with Gasteiger partial charge in [0, 0.05) is 18.1 Å². The summed E-state index contributed by atoms with van der Waals surface area (Å²) < 4.78 is 11.7. The molecule has 112 valence electrons. The zero-order valence-corrected chi connectivity index (χ0v) is 12.8. The molecule has 3 nitrogen and oxygen atoms in total. The monoisotopic (exact) mass is 277 g/mol. The number of hydrogen-bond acceptors (Lipinski definition) is 3. The zero-order chi connectivity index (χ0) is 14.0. The molecule has 0 saturated heterocycles. The van der Waals surface area contributed by atoms with E-state index in [1.807, 2.05) is 13.0 Å². The van der Waals surface area contributed by atoms with E-state index in [1.165, 1.54) is 32.1 Å². The first-order chi connectivity index (χ1) is 9.74. The Morgan fingerprint density at radius 1 is 1.30 bits per heavy atom. The molecular weight excluding hydrogens is 250 g/mol. The molecule has 0 radical (unpaired) electrons. The van der Waals surface area contributed by atoms with E-state index in [2.05, 4.69) is 18.3 Å². The van der Waals surface area contributed by atoms with Gasteiger partial charge in [-0.25, -0.2) is 0 Å². The van der Waals surface area contributed by atoms with Crippen molar-refractivity contribution in [2.24, 2.45) is 5.41 Å². The fourth-order valence-corrected chi connectivity index (χ4v) is 4.15. The van der Waals surface area contributed by atoms with Crippen LogP contribution in [0.2, 0.25) is 0 Å². The molecule has 2 unspecified atom stereocenters. The third-order valence-electron chi connectivity index (χ3n) is 5.26. The molecule has 1 aromatic rings. The van der Waals surface area contributed by atoms with Gasteiger partial charge in [0.15, 0.2) is 0 Å². The summed E-state index contributed by atoms with van der Waals surface area (Å²) >= 11 is 0. The second-order valence-corrected chi connectivity index (χ2v) is 6.42. The Bertz CT molecular complexity index is 434. The van der Waals surface area contributed by atoms with Crippen molar-refractivity contribution in [1.29, 1.82) is 0 Å². The van der Waals surface area contributed by atoms with Crippen LogP contribution in [-0.4, -0.2) is 18.8 Å². The van der Waals surface area contributed by atoms with E-state index >= 15 is 0 Å². The lowest BCUT2D eigenvalue weighted by Crippen LogP contribution is -2.64. The van der Waals surface area contributed by atoms with Gasteiger partial charge in [-0.2, -0.15) is 0 Å². The van der Waals surface area contributed by atoms with E-state index in [0.717, 1.165) is 31.1 Å². The number of hydrogen-bond donors (Lipinski definition) is 1. The highest BCUT2D eigenvalue weighted by Crippen LogP contribution is 2.53. The summed E-state index contributed by atoms with van der Waals surface area (Å²) in [5, 5.41) is 3.72. The van der Waals surface area contributed by atoms with Crippen LogP contribution in [0.1, 0.15) is 57.0 Å². The van der Waals surface area contributed by atoms with E-state index in [4.69, 9.17) is 9.15 Å². The Morgan fingerprint density at radius 3 is 2.75 bits per heavy atom. The van der Waals surface area contributed by atoms with E-state index in [0.29, 0.717) is 17.6 Å². The van der Waals surface area contributed by atoms with Gasteiger partial charge in [-0.3, -0.25) is 0 Å². The maximum absolute atomic E-state index is 5.99. The molecule has 1 aromatic heterocycles. The first kappa shape index (κ1) is 14.2. The molecule has 1 spiro atoms. The summed E-state index contributed by atoms with van der Waals surface area (Å²) in [5.41, 5.74) is 0.399. The molecule has 1 heterocycles. The van der Waals surface area contributed by atoms with Gasteiger partial charge in [0.1, 0.15) is 11.5 Å². The van der Waals surface area contributed by atoms with Crippen LogP contribution in [0, 0.1) is 12.3 Å². The number of furan rings is 1. The van der Waals surface area contributed by atoms with E-state index in [1.54, 1.807) is 0 Å². The molecule has 0 bridgehead atoms. The van der Waals surface area contributed by atoms with Gasteiger partial charge in [0.05, 0.1) is 12.6 Å². The summed E-state index contributed by atoms with van der Waals surface area (Å²) in [6.45, 7) is 5.80. The van der Waals surface area contributed by atoms with Crippen LogP contribution in [0.5, 0.6) is 0 Å². The summed E-state index contributed by atoms with van der Waals surface area (Å²) in [4.78, 5) is 0. The molecule has 2 fully saturated rings. The Balaban J connectivity index is 1.61. The average molecular weight is 277 g/mol. The molecule has 2 atom stereocenters. The highest BCUT2D eigenvalue weighted by Gasteiger charge is 2.55.